The van der Waals surface area contributed by atoms with Crippen LogP contribution in [-0.4, -0.2) is 41.6 Å². The topological polar surface area (TPSA) is 122 Å². The van der Waals surface area contributed by atoms with Crippen LogP contribution in [-0.2, 0) is 11.2 Å². The number of nitrogens with one attached hydrogen (secondary N) is 1. The van der Waals surface area contributed by atoms with E-state index in [1.165, 1.54) is 6.07 Å². The van der Waals surface area contributed by atoms with Crippen LogP contribution >= 0.6 is 0 Å². The molecule has 2 aliphatic rings. The number of para-hydroxylation sites is 1. The number of benzene rings is 1. The van der Waals surface area contributed by atoms with Crippen LogP contribution in [0.2, 0.25) is 0 Å². The molecule has 1 amide bonds. The molecule has 1 atom stereocenters. The Morgan fingerprint density at radius 2 is 2.08 bits per heavy atom. The molecule has 0 radical (unpaired) electrons. The lowest BCUT2D eigenvalue weighted by atomic mass is 9.72. The van der Waals surface area contributed by atoms with Crippen LogP contribution in [0.1, 0.15) is 41.6 Å². The highest BCUT2D eigenvalue weighted by Crippen LogP contribution is 2.30. The average Bonchev–Trinajstić information content (AvgIpc) is 2.62. The Kier molecular flexibility index (Phi) is 5.63. The van der Waals surface area contributed by atoms with Gasteiger partial charge in [0.2, 0.25) is 5.91 Å². The number of aromatic carboxylic acids is 1. The van der Waals surface area contributed by atoms with E-state index in [2.05, 4.69) is 5.32 Å². The van der Waals surface area contributed by atoms with Crippen molar-refractivity contribution in [3.05, 3.63) is 41.0 Å². The van der Waals surface area contributed by atoms with Gasteiger partial charge in [0.1, 0.15) is 5.75 Å². The lowest BCUT2D eigenvalue weighted by Gasteiger charge is -2.28. The first-order chi connectivity index (χ1) is 12.5. The molecule has 1 aliphatic carbocycles. The number of hydrogen-bond donors (Lipinski definition) is 4. The third kappa shape index (κ3) is 4.08. The van der Waals surface area contributed by atoms with Gasteiger partial charge in [-0.15, -0.1) is 0 Å². The van der Waals surface area contributed by atoms with Crippen LogP contribution in [0.15, 0.2) is 29.8 Å². The van der Waals surface area contributed by atoms with Gasteiger partial charge in [-0.25, -0.2) is 4.79 Å². The minimum Gasteiger partial charge on any atom is -0.534 e. The van der Waals surface area contributed by atoms with E-state index >= 15 is 0 Å². The van der Waals surface area contributed by atoms with Crippen LogP contribution < -0.4 is 15.7 Å². The van der Waals surface area contributed by atoms with Crippen LogP contribution in [0.3, 0.4) is 0 Å². The number of carbonyl (C=O) groups excluding carboxylic acids is 1. The maximum absolute atomic E-state index is 12.3. The Hall–Kier alpha value is -2.32. The smallest absolute Gasteiger partial charge is 0.534 e. The molecule has 0 bridgehead atoms. The molecule has 138 valence electrons. The molecule has 1 aromatic carbocycles. The third-order valence-corrected chi connectivity index (χ3v) is 5.09. The van der Waals surface area contributed by atoms with Crippen LogP contribution in [0.4, 0.5) is 0 Å². The fraction of sp³-hybridized carbons (Fsp3) is 0.444. The van der Waals surface area contributed by atoms with Crippen LogP contribution in [0.25, 0.3) is 0 Å². The van der Waals surface area contributed by atoms with Gasteiger partial charge in [-0.3, -0.25) is 4.79 Å². The summed E-state index contributed by atoms with van der Waals surface area (Å²) in [6.45, 7) is 0.683. The predicted octanol–water partition coefficient (Wildman–Crippen LogP) is 0.899. The first-order valence-corrected chi connectivity index (χ1v) is 8.88. The van der Waals surface area contributed by atoms with E-state index < -0.39 is 19.0 Å². The monoisotopic (exact) mass is 358 g/mol. The molecule has 26 heavy (non-hydrogen) atoms. The fourth-order valence-electron chi connectivity index (χ4n) is 3.55. The number of fused-ring (bicyclic) bond motifs is 1. The Morgan fingerprint density at radius 1 is 1.35 bits per heavy atom. The van der Waals surface area contributed by atoms with E-state index in [0.29, 0.717) is 24.4 Å². The number of nitrogens with two attached hydrogens (primary N) is 1. The summed E-state index contributed by atoms with van der Waals surface area (Å²) in [6, 6.07) is 4.79. The van der Waals surface area contributed by atoms with Gasteiger partial charge in [-0.2, -0.15) is 0 Å². The second-order valence-corrected chi connectivity index (χ2v) is 6.91. The number of amides is 1. The summed E-state index contributed by atoms with van der Waals surface area (Å²) in [5, 5.41) is 22.2. The van der Waals surface area contributed by atoms with E-state index in [0.717, 1.165) is 31.3 Å². The highest BCUT2D eigenvalue weighted by molar-refractivity contribution is 6.47. The molecule has 1 heterocycles. The molecule has 3 rings (SSSR count). The minimum atomic E-state index is -1.29. The van der Waals surface area contributed by atoms with E-state index in [-0.39, 0.29) is 17.2 Å². The highest BCUT2D eigenvalue weighted by atomic mass is 16.5. The molecular formula is C18H23BN2O5. The second-order valence-electron chi connectivity index (χ2n) is 6.91. The highest BCUT2D eigenvalue weighted by Gasteiger charge is 2.37. The van der Waals surface area contributed by atoms with E-state index in [1.807, 2.05) is 0 Å². The van der Waals surface area contributed by atoms with Crippen molar-refractivity contribution in [2.75, 3.05) is 6.54 Å². The van der Waals surface area contributed by atoms with Gasteiger partial charge in [0.25, 0.3) is 0 Å². The lowest BCUT2D eigenvalue weighted by Crippen LogP contribution is -2.53. The molecule has 5 N–H and O–H groups in total. The fourth-order valence-corrected chi connectivity index (χ4v) is 3.55. The summed E-state index contributed by atoms with van der Waals surface area (Å²) in [6.07, 6.45) is 5.63. The lowest BCUT2D eigenvalue weighted by molar-refractivity contribution is -0.117. The molecule has 7 nitrogen and oxygen atoms in total. The summed E-state index contributed by atoms with van der Waals surface area (Å²) in [7, 11) is -1.29. The van der Waals surface area contributed by atoms with Gasteiger partial charge in [0.15, 0.2) is 0 Å². The summed E-state index contributed by atoms with van der Waals surface area (Å²) in [5.74, 6) is -1.32. The van der Waals surface area contributed by atoms with Gasteiger partial charge in [0.05, 0.1) is 11.5 Å². The number of carbonyl (C=O) groups is 2. The van der Waals surface area contributed by atoms with Crippen LogP contribution in [0, 0.1) is 5.92 Å². The number of carboxylic acids is 1. The van der Waals surface area contributed by atoms with Gasteiger partial charge < -0.3 is 25.8 Å². The molecular weight excluding hydrogens is 335 g/mol. The average molecular weight is 358 g/mol. The van der Waals surface area contributed by atoms with E-state index in [1.54, 1.807) is 18.2 Å². The first kappa shape index (κ1) is 18.5. The Balaban J connectivity index is 1.65. The van der Waals surface area contributed by atoms with Crippen molar-refractivity contribution in [1.29, 1.82) is 0 Å². The van der Waals surface area contributed by atoms with Crippen molar-refractivity contribution in [3.63, 3.8) is 0 Å². The number of allylic oxidation sites excluding steroid dienone is 1. The third-order valence-electron chi connectivity index (χ3n) is 5.09. The van der Waals surface area contributed by atoms with Crippen molar-refractivity contribution < 1.29 is 24.4 Å². The summed E-state index contributed by atoms with van der Waals surface area (Å²) in [4.78, 5) is 23.5. The van der Waals surface area contributed by atoms with Crippen molar-refractivity contribution in [2.45, 2.75) is 38.0 Å². The van der Waals surface area contributed by atoms with Gasteiger partial charge in [0, 0.05) is 6.08 Å². The molecule has 1 unspecified atom stereocenters. The van der Waals surface area contributed by atoms with Crippen LogP contribution in [0.5, 0.6) is 5.75 Å². The number of carboxylic acid groups (broad SMARTS) is 1. The Morgan fingerprint density at radius 3 is 2.73 bits per heavy atom. The summed E-state index contributed by atoms with van der Waals surface area (Å²) in [5.41, 5.74) is 7.42. The van der Waals surface area contributed by atoms with Crippen molar-refractivity contribution in [2.24, 2.45) is 11.7 Å². The molecule has 0 spiro atoms. The Bertz CT molecular complexity index is 726. The largest absolute Gasteiger partial charge is 0.547 e. The molecule has 8 heteroatoms. The SMILES string of the molecule is NCC1CCC(=CC(=O)NC2Cc3cccc(C(=O)O)c3OB2O)CC1. The molecule has 1 saturated carbocycles. The molecule has 0 saturated heterocycles. The maximum Gasteiger partial charge on any atom is 0.547 e. The zero-order chi connectivity index (χ0) is 18.7. The van der Waals surface area contributed by atoms with Gasteiger partial charge in [-0.05, 0) is 56.2 Å². The zero-order valence-electron chi connectivity index (χ0n) is 14.5. The normalized spacial score (nSPS) is 22.2. The second kappa shape index (κ2) is 7.93. The standard InChI is InChI=1S/C18H23BN2O5/c20-10-12-6-4-11(5-7-12)8-16(22)21-15-9-13-2-1-3-14(18(23)24)17(13)26-19(15)25/h1-3,8,12,15,25H,4-7,9-10,20H2,(H,21,22)(H,23,24). The molecule has 0 aromatic heterocycles. The van der Waals surface area contributed by atoms with Crippen molar-refractivity contribution in [1.82, 2.24) is 5.32 Å². The summed E-state index contributed by atoms with van der Waals surface area (Å²) >= 11 is 0. The Labute approximate surface area is 152 Å². The maximum atomic E-state index is 12.3. The number of hydrogen-bond acceptors (Lipinski definition) is 5. The zero-order valence-corrected chi connectivity index (χ0v) is 14.5. The minimum absolute atomic E-state index is 0.00473. The molecule has 1 aliphatic heterocycles. The van der Waals surface area contributed by atoms with Gasteiger partial charge >= 0.3 is 13.1 Å². The van der Waals surface area contributed by atoms with Crippen molar-refractivity contribution >= 4 is 19.0 Å². The van der Waals surface area contributed by atoms with Crippen molar-refractivity contribution in [3.8, 4) is 5.75 Å². The number of rotatable bonds is 4. The van der Waals surface area contributed by atoms with E-state index in [4.69, 9.17) is 10.4 Å². The van der Waals surface area contributed by atoms with E-state index in [9.17, 15) is 19.7 Å². The molecule has 1 aromatic rings. The quantitative estimate of drug-likeness (QED) is 0.469. The summed E-state index contributed by atoms with van der Waals surface area (Å²) < 4.78 is 5.38. The first-order valence-electron chi connectivity index (χ1n) is 8.88. The predicted molar refractivity (Wildman–Crippen MR) is 96.7 cm³/mol. The molecule has 1 fully saturated rings. The van der Waals surface area contributed by atoms with Gasteiger partial charge in [-0.1, -0.05) is 17.7 Å².